The molecule has 1 aromatic rings. The van der Waals surface area contributed by atoms with Crippen molar-refractivity contribution in [2.24, 2.45) is 0 Å². The maximum atomic E-state index is 13.3. The molecular weight excluding hydrogens is 677 g/mol. The van der Waals surface area contributed by atoms with Gasteiger partial charge in [-0.25, -0.2) is 9.59 Å². The van der Waals surface area contributed by atoms with Gasteiger partial charge in [-0.3, -0.25) is 9.59 Å². The summed E-state index contributed by atoms with van der Waals surface area (Å²) >= 11 is 0. The van der Waals surface area contributed by atoms with Crippen molar-refractivity contribution in [3.8, 4) is 0 Å². The third-order valence-electron chi connectivity index (χ3n) is 10.8. The van der Waals surface area contributed by atoms with Gasteiger partial charge in [0.15, 0.2) is 0 Å². The van der Waals surface area contributed by atoms with E-state index in [-0.39, 0.29) is 11.1 Å². The van der Waals surface area contributed by atoms with E-state index in [0.29, 0.717) is 13.1 Å². The number of nitrogens with one attached hydrogen (secondary N) is 2. The summed E-state index contributed by atoms with van der Waals surface area (Å²) in [5.41, 5.74) is -1.66. The molecule has 0 aliphatic carbocycles. The van der Waals surface area contributed by atoms with Crippen LogP contribution in [0, 0.1) is 0 Å². The average Bonchev–Trinajstić information content (AvgIpc) is 3.16. The van der Waals surface area contributed by atoms with Crippen LogP contribution in [-0.2, 0) is 0 Å². The second kappa shape index (κ2) is 34.6. The van der Waals surface area contributed by atoms with Gasteiger partial charge in [0.05, 0.1) is 22.3 Å². The summed E-state index contributed by atoms with van der Waals surface area (Å²) in [6, 6.07) is 2.35. The predicted octanol–water partition coefficient (Wildman–Crippen LogP) is 13.1. The molecule has 0 saturated heterocycles. The second-order valence-corrected chi connectivity index (χ2v) is 15.6. The predicted molar refractivity (Wildman–Crippen MR) is 224 cm³/mol. The Morgan fingerprint density at radius 3 is 0.944 bits per heavy atom. The lowest BCUT2D eigenvalue weighted by atomic mass is 9.94. The molecule has 0 radical (unpaired) electrons. The molecule has 8 heteroatoms. The Balaban J connectivity index is 2.35. The fourth-order valence-electron chi connectivity index (χ4n) is 7.36. The molecule has 0 bridgehead atoms. The summed E-state index contributed by atoms with van der Waals surface area (Å²) in [5.74, 6) is -4.31. The Morgan fingerprint density at radius 1 is 0.370 bits per heavy atom. The number of hydrogen-bond acceptors (Lipinski definition) is 4. The largest absolute Gasteiger partial charge is 0.478 e. The van der Waals surface area contributed by atoms with Crippen LogP contribution in [0.5, 0.6) is 0 Å². The molecular formula is C46H80N2O6. The average molecular weight is 757 g/mol. The van der Waals surface area contributed by atoms with Crippen LogP contribution in [-0.4, -0.2) is 47.1 Å². The van der Waals surface area contributed by atoms with E-state index in [2.05, 4.69) is 24.5 Å². The zero-order valence-corrected chi connectivity index (χ0v) is 34.7. The van der Waals surface area contributed by atoms with Gasteiger partial charge in [-0.15, -0.1) is 0 Å². The number of amides is 2. The van der Waals surface area contributed by atoms with Gasteiger partial charge >= 0.3 is 11.9 Å². The van der Waals surface area contributed by atoms with Gasteiger partial charge < -0.3 is 20.8 Å². The highest BCUT2D eigenvalue weighted by molar-refractivity contribution is 6.16. The van der Waals surface area contributed by atoms with E-state index in [0.717, 1.165) is 51.0 Å². The van der Waals surface area contributed by atoms with Gasteiger partial charge in [0, 0.05) is 13.1 Å². The molecule has 0 atom stereocenters. The standard InChI is InChI=1S/C46H80N2O6/c1-3-5-7-9-11-13-15-17-19-21-23-25-27-29-31-33-37-47-43(49)39-35-36-40(45(51)52)42(46(53)54)41(39)44(50)48-38-34-32-30-28-26-24-22-20-18-16-14-12-10-8-6-4-2/h35-36H,3-34,37-38H2,1-2H3,(H,47,49)(H,48,50)(H,51,52)(H,53,54). The number of aromatic carboxylic acids is 2. The molecule has 0 unspecified atom stereocenters. The Bertz CT molecular complexity index is 1140. The van der Waals surface area contributed by atoms with Gasteiger partial charge in [-0.1, -0.05) is 206 Å². The zero-order valence-electron chi connectivity index (χ0n) is 34.7. The number of rotatable bonds is 38. The number of carbonyl (C=O) groups excluding carboxylic acids is 2. The molecule has 0 aliphatic heterocycles. The molecule has 0 aliphatic rings. The molecule has 54 heavy (non-hydrogen) atoms. The van der Waals surface area contributed by atoms with Crippen molar-refractivity contribution in [3.63, 3.8) is 0 Å². The first-order valence-corrected chi connectivity index (χ1v) is 22.5. The third kappa shape index (κ3) is 24.5. The summed E-state index contributed by atoms with van der Waals surface area (Å²) in [6.45, 7) is 5.25. The summed E-state index contributed by atoms with van der Waals surface area (Å²) in [6.07, 6.45) is 40.0. The summed E-state index contributed by atoms with van der Waals surface area (Å²) in [7, 11) is 0. The molecule has 310 valence electrons. The lowest BCUT2D eigenvalue weighted by Crippen LogP contribution is -2.33. The first-order valence-electron chi connectivity index (χ1n) is 22.5. The van der Waals surface area contributed by atoms with E-state index in [4.69, 9.17) is 0 Å². The van der Waals surface area contributed by atoms with Gasteiger partial charge in [-0.2, -0.15) is 0 Å². The van der Waals surface area contributed by atoms with E-state index in [1.807, 2.05) is 0 Å². The normalized spacial score (nSPS) is 11.1. The Hall–Kier alpha value is -2.90. The molecule has 1 rings (SSSR count). The summed E-state index contributed by atoms with van der Waals surface area (Å²) < 4.78 is 0. The molecule has 4 N–H and O–H groups in total. The Morgan fingerprint density at radius 2 is 0.648 bits per heavy atom. The van der Waals surface area contributed by atoms with E-state index in [9.17, 15) is 29.4 Å². The maximum Gasteiger partial charge on any atom is 0.337 e. The number of benzene rings is 1. The third-order valence-corrected chi connectivity index (χ3v) is 10.8. The molecule has 8 nitrogen and oxygen atoms in total. The van der Waals surface area contributed by atoms with Crippen LogP contribution in [0.4, 0.5) is 0 Å². The van der Waals surface area contributed by atoms with E-state index in [1.54, 1.807) is 0 Å². The number of unbranched alkanes of at least 4 members (excludes halogenated alkanes) is 30. The quantitative estimate of drug-likeness (QED) is 0.0497. The highest BCUT2D eigenvalue weighted by Gasteiger charge is 2.29. The van der Waals surface area contributed by atoms with Crippen LogP contribution in [0.25, 0.3) is 0 Å². The van der Waals surface area contributed by atoms with Crippen molar-refractivity contribution in [1.82, 2.24) is 10.6 Å². The number of carboxylic acids is 2. The van der Waals surface area contributed by atoms with E-state index >= 15 is 0 Å². The van der Waals surface area contributed by atoms with Crippen molar-refractivity contribution in [2.45, 2.75) is 219 Å². The SMILES string of the molecule is CCCCCCCCCCCCCCCCCCNC(=O)c1ccc(C(=O)O)c(C(=O)O)c1C(=O)NCCCCCCCCCCCCCCCCCC. The molecule has 2 amide bonds. The van der Waals surface area contributed by atoms with Crippen LogP contribution >= 0.6 is 0 Å². The highest BCUT2D eigenvalue weighted by Crippen LogP contribution is 2.22. The van der Waals surface area contributed by atoms with Gasteiger partial charge in [-0.05, 0) is 25.0 Å². The smallest absolute Gasteiger partial charge is 0.337 e. The number of carboxylic acid groups (broad SMARTS) is 2. The first-order chi connectivity index (χ1) is 26.3. The minimum Gasteiger partial charge on any atom is -0.478 e. The molecule has 0 heterocycles. The maximum absolute atomic E-state index is 13.3. The molecule has 0 fully saturated rings. The van der Waals surface area contributed by atoms with Crippen LogP contribution < -0.4 is 10.6 Å². The second-order valence-electron chi connectivity index (χ2n) is 15.6. The lowest BCUT2D eigenvalue weighted by molar-refractivity contribution is 0.0648. The monoisotopic (exact) mass is 757 g/mol. The van der Waals surface area contributed by atoms with Crippen molar-refractivity contribution >= 4 is 23.8 Å². The lowest BCUT2D eigenvalue weighted by Gasteiger charge is -2.15. The minimum absolute atomic E-state index is 0.113. The Kier molecular flexibility index (Phi) is 31.5. The van der Waals surface area contributed by atoms with E-state index < -0.39 is 34.9 Å². The van der Waals surface area contributed by atoms with Crippen molar-refractivity contribution in [2.75, 3.05) is 13.1 Å². The molecule has 0 spiro atoms. The van der Waals surface area contributed by atoms with E-state index in [1.165, 1.54) is 167 Å². The first kappa shape index (κ1) is 49.1. The van der Waals surface area contributed by atoms with Crippen LogP contribution in [0.1, 0.15) is 261 Å². The Labute approximate surface area is 329 Å². The summed E-state index contributed by atoms with van der Waals surface area (Å²) in [5, 5.41) is 25.2. The van der Waals surface area contributed by atoms with Crippen molar-refractivity contribution in [3.05, 3.63) is 34.4 Å². The van der Waals surface area contributed by atoms with Crippen molar-refractivity contribution < 1.29 is 29.4 Å². The molecule has 0 saturated carbocycles. The molecule has 1 aromatic carbocycles. The van der Waals surface area contributed by atoms with Gasteiger partial charge in [0.1, 0.15) is 0 Å². The highest BCUT2D eigenvalue weighted by atomic mass is 16.4. The van der Waals surface area contributed by atoms with Crippen molar-refractivity contribution in [1.29, 1.82) is 0 Å². The number of carbonyl (C=O) groups is 4. The van der Waals surface area contributed by atoms with Gasteiger partial charge in [0.25, 0.3) is 11.8 Å². The fourth-order valence-corrected chi connectivity index (χ4v) is 7.36. The van der Waals surface area contributed by atoms with Crippen LogP contribution in [0.2, 0.25) is 0 Å². The topological polar surface area (TPSA) is 133 Å². The van der Waals surface area contributed by atoms with Crippen LogP contribution in [0.3, 0.4) is 0 Å². The fraction of sp³-hybridized carbons (Fsp3) is 0.783. The summed E-state index contributed by atoms with van der Waals surface area (Å²) in [4.78, 5) is 50.6. The van der Waals surface area contributed by atoms with Crippen LogP contribution in [0.15, 0.2) is 12.1 Å². The zero-order chi connectivity index (χ0) is 39.5. The molecule has 0 aromatic heterocycles. The van der Waals surface area contributed by atoms with Gasteiger partial charge in [0.2, 0.25) is 0 Å². The minimum atomic E-state index is -1.55. The number of hydrogen-bond donors (Lipinski definition) is 4.